The maximum Gasteiger partial charge on any atom is 0.219 e. The minimum absolute atomic E-state index is 0.267. The van der Waals surface area contributed by atoms with E-state index < -0.39 is 9.39 Å². The first-order valence-corrected chi connectivity index (χ1v) is 7.89. The fourth-order valence-corrected chi connectivity index (χ4v) is 2.90. The summed E-state index contributed by atoms with van der Waals surface area (Å²) in [7, 11) is 0. The van der Waals surface area contributed by atoms with Crippen molar-refractivity contribution >= 4 is 34.8 Å². The van der Waals surface area contributed by atoms with Gasteiger partial charge < -0.3 is 9.47 Å². The lowest BCUT2D eigenvalue weighted by Gasteiger charge is -2.18. The van der Waals surface area contributed by atoms with Gasteiger partial charge in [-0.3, -0.25) is 0 Å². The molecule has 1 saturated heterocycles. The number of pyridine rings is 1. The number of halogens is 3. The Kier molecular flexibility index (Phi) is 4.39. The van der Waals surface area contributed by atoms with Crippen molar-refractivity contribution in [3.05, 3.63) is 53.7 Å². The molecule has 118 valence electrons. The molecule has 3 rings (SSSR count). The van der Waals surface area contributed by atoms with Gasteiger partial charge in [-0.1, -0.05) is 46.9 Å². The van der Waals surface area contributed by atoms with Crippen LogP contribution in [0.3, 0.4) is 0 Å². The van der Waals surface area contributed by atoms with Crippen LogP contribution in [0.4, 0.5) is 0 Å². The van der Waals surface area contributed by atoms with E-state index in [1.807, 2.05) is 24.3 Å². The Balaban J connectivity index is 1.79. The van der Waals surface area contributed by atoms with Gasteiger partial charge in [-0.15, -0.1) is 0 Å². The van der Waals surface area contributed by atoms with Crippen LogP contribution in [0.5, 0.6) is 11.6 Å². The molecule has 0 aliphatic carbocycles. The van der Waals surface area contributed by atoms with Crippen LogP contribution < -0.4 is 4.74 Å². The quantitative estimate of drug-likeness (QED) is 0.577. The Morgan fingerprint density at radius 3 is 2.65 bits per heavy atom. The van der Waals surface area contributed by atoms with E-state index in [1.165, 1.54) is 6.20 Å². The summed E-state index contributed by atoms with van der Waals surface area (Å²) < 4.78 is 9.84. The molecule has 4 nitrogen and oxygen atoms in total. The van der Waals surface area contributed by atoms with Gasteiger partial charge in [-0.2, -0.15) is 5.26 Å². The van der Waals surface area contributed by atoms with E-state index in [-0.39, 0.29) is 6.42 Å². The van der Waals surface area contributed by atoms with Crippen molar-refractivity contribution < 1.29 is 9.47 Å². The van der Waals surface area contributed by atoms with Crippen LogP contribution in [-0.2, 0) is 10.3 Å². The van der Waals surface area contributed by atoms with Gasteiger partial charge >= 0.3 is 0 Å². The summed E-state index contributed by atoms with van der Waals surface area (Å²) >= 11 is 17.7. The van der Waals surface area contributed by atoms with E-state index >= 15 is 0 Å². The van der Waals surface area contributed by atoms with Gasteiger partial charge in [0.1, 0.15) is 17.4 Å². The smallest absolute Gasteiger partial charge is 0.219 e. The highest BCUT2D eigenvalue weighted by molar-refractivity contribution is 6.67. The molecule has 2 aromatic rings. The van der Waals surface area contributed by atoms with E-state index in [9.17, 15) is 0 Å². The second-order valence-electron chi connectivity index (χ2n) is 5.20. The van der Waals surface area contributed by atoms with Gasteiger partial charge in [-0.05, 0) is 23.8 Å². The lowest BCUT2D eigenvalue weighted by molar-refractivity contribution is 0.294. The van der Waals surface area contributed by atoms with Gasteiger partial charge in [0.25, 0.3) is 0 Å². The molecule has 1 aliphatic heterocycles. The fraction of sp³-hybridized carbons (Fsp3) is 0.250. The van der Waals surface area contributed by atoms with Crippen LogP contribution in [0.15, 0.2) is 42.6 Å². The highest BCUT2D eigenvalue weighted by atomic mass is 35.6. The average Bonchev–Trinajstić information content (AvgIpc) is 3.27. The largest absolute Gasteiger partial charge is 0.439 e. The van der Waals surface area contributed by atoms with Crippen molar-refractivity contribution in [1.82, 2.24) is 4.98 Å². The van der Waals surface area contributed by atoms with Gasteiger partial charge in [0.05, 0.1) is 12.2 Å². The third-order valence-electron chi connectivity index (χ3n) is 3.43. The highest BCUT2D eigenvalue weighted by Crippen LogP contribution is 2.50. The number of nitrogens with zero attached hydrogens (tertiary/aromatic N) is 2. The molecule has 0 spiro atoms. The molecule has 0 saturated carbocycles. The summed E-state index contributed by atoms with van der Waals surface area (Å²) in [4.78, 5) is 4.07. The number of ether oxygens (including phenoxy) is 2. The lowest BCUT2D eigenvalue weighted by Crippen LogP contribution is -2.18. The third-order valence-corrected chi connectivity index (χ3v) is 3.83. The minimum atomic E-state index is -1.39. The number of benzene rings is 1. The number of epoxide rings is 1. The average molecular weight is 370 g/mol. The molecule has 1 atom stereocenters. The number of hydrogen-bond acceptors (Lipinski definition) is 4. The first-order chi connectivity index (χ1) is 10.9. The fourth-order valence-electron chi connectivity index (χ4n) is 2.25. The summed E-state index contributed by atoms with van der Waals surface area (Å²) in [6, 6.07) is 12.7. The minimum Gasteiger partial charge on any atom is -0.439 e. The molecule has 0 N–H and O–H groups in total. The van der Waals surface area contributed by atoms with Gasteiger partial charge in [-0.25, -0.2) is 4.98 Å². The number of hydrogen-bond donors (Lipinski definition) is 0. The Bertz CT molecular complexity index is 747. The van der Waals surface area contributed by atoms with E-state index in [4.69, 9.17) is 49.5 Å². The highest BCUT2D eigenvalue weighted by Gasteiger charge is 2.51. The first kappa shape index (κ1) is 16.4. The molecule has 0 radical (unpaired) electrons. The summed E-state index contributed by atoms with van der Waals surface area (Å²) in [5.74, 6) is 0.993. The second kappa shape index (κ2) is 6.18. The summed E-state index contributed by atoms with van der Waals surface area (Å²) in [6.45, 7) is 0.499. The molecule has 0 amide bonds. The molecule has 23 heavy (non-hydrogen) atoms. The summed E-state index contributed by atoms with van der Waals surface area (Å²) in [5.41, 5.74) is 0.775. The zero-order chi connectivity index (χ0) is 16.5. The normalized spacial score (nSPS) is 19.9. The molecule has 0 bridgehead atoms. The summed E-state index contributed by atoms with van der Waals surface area (Å²) in [6.07, 6.45) is 1.72. The van der Waals surface area contributed by atoms with Crippen LogP contribution in [0, 0.1) is 11.3 Å². The van der Waals surface area contributed by atoms with Gasteiger partial charge in [0.2, 0.25) is 5.88 Å². The van der Waals surface area contributed by atoms with Crippen molar-refractivity contribution in [1.29, 1.82) is 5.26 Å². The van der Waals surface area contributed by atoms with E-state index in [0.717, 1.165) is 5.56 Å². The molecule has 2 heterocycles. The van der Waals surface area contributed by atoms with Crippen LogP contribution >= 0.6 is 34.8 Å². The van der Waals surface area contributed by atoms with Crippen LogP contribution in [0.2, 0.25) is 0 Å². The Labute approximate surface area is 148 Å². The van der Waals surface area contributed by atoms with E-state index in [1.54, 1.807) is 18.2 Å². The zero-order valence-electron chi connectivity index (χ0n) is 11.8. The second-order valence-corrected chi connectivity index (χ2v) is 7.72. The van der Waals surface area contributed by atoms with E-state index in [0.29, 0.717) is 23.8 Å². The van der Waals surface area contributed by atoms with Crippen LogP contribution in [0.25, 0.3) is 0 Å². The topological polar surface area (TPSA) is 58.4 Å². The summed E-state index contributed by atoms with van der Waals surface area (Å²) in [5, 5.41) is 8.77. The maximum atomic E-state index is 8.77. The first-order valence-electron chi connectivity index (χ1n) is 6.75. The molecule has 1 aromatic heterocycles. The number of nitriles is 1. The Morgan fingerprint density at radius 2 is 2.09 bits per heavy atom. The predicted octanol–water partition coefficient (Wildman–Crippen LogP) is 4.73. The molecule has 7 heteroatoms. The van der Waals surface area contributed by atoms with E-state index in [2.05, 4.69) is 4.98 Å². The van der Waals surface area contributed by atoms with Crippen LogP contribution in [0.1, 0.15) is 17.5 Å². The van der Waals surface area contributed by atoms with Gasteiger partial charge in [0.15, 0.2) is 3.79 Å². The Hall–Kier alpha value is -1.51. The number of rotatable bonds is 4. The zero-order valence-corrected chi connectivity index (χ0v) is 14.1. The molecular weight excluding hydrogens is 359 g/mol. The predicted molar refractivity (Wildman–Crippen MR) is 88.0 cm³/mol. The number of alkyl halides is 3. The van der Waals surface area contributed by atoms with Crippen molar-refractivity contribution in [3.63, 3.8) is 0 Å². The van der Waals surface area contributed by atoms with Crippen molar-refractivity contribution in [2.75, 3.05) is 6.61 Å². The number of aromatic nitrogens is 1. The lowest BCUT2D eigenvalue weighted by atomic mass is 9.97. The molecule has 1 unspecified atom stereocenters. The molecule has 1 aliphatic rings. The molecule has 1 fully saturated rings. The SMILES string of the molecule is N#Cc1ccc(Oc2cccc(C3(CC(Cl)(Cl)Cl)CO3)c2)nc1. The maximum absolute atomic E-state index is 8.77. The van der Waals surface area contributed by atoms with Crippen LogP contribution in [-0.4, -0.2) is 15.4 Å². The molecular formula is C16H11Cl3N2O2. The van der Waals surface area contributed by atoms with Crippen molar-refractivity contribution in [2.45, 2.75) is 15.8 Å². The third kappa shape index (κ3) is 4.07. The van der Waals surface area contributed by atoms with Crippen molar-refractivity contribution in [2.24, 2.45) is 0 Å². The standard InChI is InChI=1S/C16H11Cl3N2O2/c17-16(18,19)9-15(10-22-15)12-2-1-3-13(6-12)23-14-5-4-11(7-20)8-21-14/h1-6,8H,9-10H2. The Morgan fingerprint density at radius 1 is 1.30 bits per heavy atom. The monoisotopic (exact) mass is 368 g/mol. The van der Waals surface area contributed by atoms with Crippen molar-refractivity contribution in [3.8, 4) is 17.7 Å². The molecule has 1 aromatic carbocycles. The van der Waals surface area contributed by atoms with Gasteiger partial charge in [0, 0.05) is 18.7 Å².